The van der Waals surface area contributed by atoms with Crippen LogP contribution in [0.1, 0.15) is 18.4 Å². The lowest BCUT2D eigenvalue weighted by Crippen LogP contribution is -2.27. The summed E-state index contributed by atoms with van der Waals surface area (Å²) in [5, 5.41) is 13.8. The van der Waals surface area contributed by atoms with Gasteiger partial charge in [0.05, 0.1) is 24.4 Å². The highest BCUT2D eigenvalue weighted by atomic mass is 19.4. The number of methoxy groups -OCH3 is 1. The summed E-state index contributed by atoms with van der Waals surface area (Å²) in [5.74, 6) is 0.606. The molecule has 2 aromatic rings. The molecule has 3 N–H and O–H groups in total. The van der Waals surface area contributed by atoms with E-state index in [-0.39, 0.29) is 12.5 Å². The normalized spacial score (nSPS) is 11.5. The highest BCUT2D eigenvalue weighted by Crippen LogP contribution is 2.33. The van der Waals surface area contributed by atoms with Gasteiger partial charge >= 0.3 is 12.1 Å². The molecule has 0 aliphatic carbocycles. The fourth-order valence-electron chi connectivity index (χ4n) is 2.35. The number of carbonyl (C=O) groups excluding carboxylic acids is 1. The number of rotatable bonds is 9. The molecule has 7 nitrogen and oxygen atoms in total. The molecule has 170 valence electrons. The van der Waals surface area contributed by atoms with E-state index in [1.165, 1.54) is 12.1 Å². The number of hydrogen-bond donors (Lipinski definition) is 3. The molecule has 0 saturated carbocycles. The molecule has 0 bridgehead atoms. The second-order valence-corrected chi connectivity index (χ2v) is 6.20. The number of alkyl halides is 3. The number of likely N-dealkylation sites (N-methyl/N-ethyl adjacent to an activating group) is 1. The molecule has 1 atom stereocenters. The summed E-state index contributed by atoms with van der Waals surface area (Å²) < 4.78 is 48.1. The Balaban J connectivity index is 0.000000407. The van der Waals surface area contributed by atoms with Gasteiger partial charge in [-0.2, -0.15) is 13.2 Å². The summed E-state index contributed by atoms with van der Waals surface area (Å²) in [6.07, 6.45) is -3.25. The summed E-state index contributed by atoms with van der Waals surface area (Å²) in [5.41, 5.74) is 0.0161. The number of aliphatic carboxylic acids is 1. The van der Waals surface area contributed by atoms with Crippen LogP contribution in [0.4, 0.5) is 18.9 Å². The topological polar surface area (TPSA) is 96.9 Å². The van der Waals surface area contributed by atoms with Crippen LogP contribution in [0.25, 0.3) is 0 Å². The Morgan fingerprint density at radius 1 is 1.13 bits per heavy atom. The minimum atomic E-state index is -4.35. The van der Waals surface area contributed by atoms with Gasteiger partial charge in [0.1, 0.15) is 23.5 Å². The van der Waals surface area contributed by atoms with Crippen molar-refractivity contribution in [2.75, 3.05) is 26.5 Å². The minimum absolute atomic E-state index is 0.0320. The van der Waals surface area contributed by atoms with E-state index in [0.29, 0.717) is 30.0 Å². The van der Waals surface area contributed by atoms with Crippen LogP contribution in [0, 0.1) is 0 Å². The molecule has 0 amide bonds. The van der Waals surface area contributed by atoms with Gasteiger partial charge in [-0.1, -0.05) is 0 Å². The van der Waals surface area contributed by atoms with Crippen molar-refractivity contribution < 1.29 is 37.3 Å². The van der Waals surface area contributed by atoms with E-state index in [4.69, 9.17) is 14.6 Å². The fourth-order valence-corrected chi connectivity index (χ4v) is 2.35. The number of carboxylic acids is 1. The van der Waals surface area contributed by atoms with Crippen LogP contribution in [0.15, 0.2) is 42.5 Å². The zero-order chi connectivity index (χ0) is 23.4. The summed E-state index contributed by atoms with van der Waals surface area (Å²) in [7, 11) is 4.91. The first-order valence-corrected chi connectivity index (χ1v) is 9.19. The van der Waals surface area contributed by atoms with Crippen molar-refractivity contribution in [3.05, 3.63) is 48.0 Å². The lowest BCUT2D eigenvalue weighted by atomic mass is 10.2. The monoisotopic (exact) mass is 442 g/mol. The summed E-state index contributed by atoms with van der Waals surface area (Å²) in [4.78, 5) is 20.1. The van der Waals surface area contributed by atoms with Crippen molar-refractivity contribution in [2.45, 2.75) is 25.1 Å². The van der Waals surface area contributed by atoms with E-state index < -0.39 is 17.7 Å². The van der Waals surface area contributed by atoms with Gasteiger partial charge in [-0.15, -0.1) is 0 Å². The number of hydrogen-bond acceptors (Lipinski definition) is 6. The van der Waals surface area contributed by atoms with E-state index in [1.807, 2.05) is 0 Å². The van der Waals surface area contributed by atoms with Gasteiger partial charge in [0.2, 0.25) is 0 Å². The summed E-state index contributed by atoms with van der Waals surface area (Å²) in [6.45, 7) is 0. The van der Waals surface area contributed by atoms with Gasteiger partial charge in [0, 0.05) is 19.5 Å². The third-order valence-corrected chi connectivity index (χ3v) is 4.06. The van der Waals surface area contributed by atoms with E-state index in [9.17, 15) is 22.8 Å². The maximum atomic E-state index is 12.5. The van der Waals surface area contributed by atoms with E-state index in [2.05, 4.69) is 10.6 Å². The predicted octanol–water partition coefficient (Wildman–Crippen LogP) is 4.19. The molecule has 31 heavy (non-hydrogen) atoms. The predicted molar refractivity (Wildman–Crippen MR) is 110 cm³/mol. The van der Waals surface area contributed by atoms with Crippen LogP contribution in [-0.2, 0) is 15.8 Å². The molecular weight excluding hydrogens is 417 g/mol. The Labute approximate surface area is 178 Å². The van der Waals surface area contributed by atoms with Crippen molar-refractivity contribution in [2.24, 2.45) is 0 Å². The standard InChI is InChI=1S/C15H14F3NO2.C6H11NO3/c1-19-13-9-12(7-8-14(13)20-2)21-11-5-3-10(4-6-11)15(16,17)18;1-7-5(4-8)2-3-6(9)10/h3-9,19H,1-2H3;4-5,7H,2-3H2,1H3,(H,9,10). The Bertz CT molecular complexity index is 842. The molecule has 0 radical (unpaired) electrons. The highest BCUT2D eigenvalue weighted by Gasteiger charge is 2.30. The second kappa shape index (κ2) is 12.4. The lowest BCUT2D eigenvalue weighted by molar-refractivity contribution is -0.138. The molecule has 0 spiro atoms. The van der Waals surface area contributed by atoms with Crippen molar-refractivity contribution in [1.29, 1.82) is 0 Å². The summed E-state index contributed by atoms with van der Waals surface area (Å²) >= 11 is 0. The van der Waals surface area contributed by atoms with Crippen molar-refractivity contribution in [1.82, 2.24) is 5.32 Å². The first kappa shape index (κ1) is 25.8. The Hall–Kier alpha value is -3.27. The third kappa shape index (κ3) is 8.95. The highest BCUT2D eigenvalue weighted by molar-refractivity contribution is 5.68. The molecule has 0 fully saturated rings. The Morgan fingerprint density at radius 3 is 2.19 bits per heavy atom. The zero-order valence-electron chi connectivity index (χ0n) is 17.3. The Kier molecular flexibility index (Phi) is 10.3. The SMILES string of the molecule is CNC(C=O)CCC(=O)O.CNc1cc(Oc2ccc(C(F)(F)F)cc2)ccc1OC. The van der Waals surface area contributed by atoms with Crippen LogP contribution >= 0.6 is 0 Å². The number of halogens is 3. The van der Waals surface area contributed by atoms with Gasteiger partial charge in [0.25, 0.3) is 0 Å². The van der Waals surface area contributed by atoms with Gasteiger partial charge in [-0.3, -0.25) is 4.79 Å². The van der Waals surface area contributed by atoms with Gasteiger partial charge in [-0.25, -0.2) is 0 Å². The number of anilines is 1. The maximum absolute atomic E-state index is 12.5. The summed E-state index contributed by atoms with van der Waals surface area (Å²) in [6, 6.07) is 9.31. The van der Waals surface area contributed by atoms with Crippen LogP contribution in [0.2, 0.25) is 0 Å². The van der Waals surface area contributed by atoms with Crippen LogP contribution < -0.4 is 20.1 Å². The molecule has 0 aromatic heterocycles. The number of carboxylic acid groups (broad SMARTS) is 1. The van der Waals surface area contributed by atoms with E-state index in [0.717, 1.165) is 17.8 Å². The molecule has 0 saturated heterocycles. The minimum Gasteiger partial charge on any atom is -0.495 e. The van der Waals surface area contributed by atoms with E-state index >= 15 is 0 Å². The van der Waals surface area contributed by atoms with Crippen LogP contribution in [0.3, 0.4) is 0 Å². The Morgan fingerprint density at radius 2 is 1.74 bits per heavy atom. The molecule has 0 aliphatic rings. The van der Waals surface area contributed by atoms with E-state index in [1.54, 1.807) is 39.4 Å². The number of carbonyl (C=O) groups is 2. The second-order valence-electron chi connectivity index (χ2n) is 6.20. The molecule has 0 heterocycles. The van der Waals surface area contributed by atoms with Crippen molar-refractivity contribution >= 4 is 17.9 Å². The average Bonchev–Trinajstić information content (AvgIpc) is 2.74. The molecule has 0 aliphatic heterocycles. The molecule has 10 heteroatoms. The first-order valence-electron chi connectivity index (χ1n) is 9.19. The fraction of sp³-hybridized carbons (Fsp3) is 0.333. The number of benzene rings is 2. The first-order chi connectivity index (χ1) is 14.6. The molecular formula is C21H25F3N2O5. The zero-order valence-corrected chi connectivity index (χ0v) is 17.3. The third-order valence-electron chi connectivity index (χ3n) is 4.06. The number of ether oxygens (including phenoxy) is 2. The average molecular weight is 442 g/mol. The lowest BCUT2D eigenvalue weighted by Gasteiger charge is -2.12. The van der Waals surface area contributed by atoms with Crippen LogP contribution in [-0.4, -0.2) is 44.6 Å². The number of nitrogens with one attached hydrogen (secondary N) is 2. The molecule has 2 rings (SSSR count). The maximum Gasteiger partial charge on any atom is 0.416 e. The van der Waals surface area contributed by atoms with Gasteiger partial charge in [0.15, 0.2) is 0 Å². The van der Waals surface area contributed by atoms with Crippen molar-refractivity contribution in [3.8, 4) is 17.2 Å². The smallest absolute Gasteiger partial charge is 0.416 e. The van der Waals surface area contributed by atoms with Crippen LogP contribution in [0.5, 0.6) is 17.2 Å². The largest absolute Gasteiger partial charge is 0.495 e. The van der Waals surface area contributed by atoms with Gasteiger partial charge < -0.3 is 30.0 Å². The molecule has 1 unspecified atom stereocenters. The van der Waals surface area contributed by atoms with Crippen molar-refractivity contribution in [3.63, 3.8) is 0 Å². The molecule has 2 aromatic carbocycles. The quantitative estimate of drug-likeness (QED) is 0.501. The number of aldehydes is 1. The van der Waals surface area contributed by atoms with Gasteiger partial charge in [-0.05, 0) is 49.9 Å².